The fourth-order valence-corrected chi connectivity index (χ4v) is 1.55. The van der Waals surface area contributed by atoms with Gasteiger partial charge in [-0.15, -0.1) is 6.58 Å². The van der Waals surface area contributed by atoms with E-state index in [4.69, 9.17) is 5.73 Å². The van der Waals surface area contributed by atoms with Crippen LogP contribution in [0, 0.1) is 6.92 Å². The molecule has 0 atom stereocenters. The molecule has 2 N–H and O–H groups in total. The highest BCUT2D eigenvalue weighted by Gasteiger charge is 2.14. The molecule has 0 aromatic carbocycles. The molecule has 1 amide bonds. The lowest BCUT2D eigenvalue weighted by atomic mass is 10.1. The zero-order valence-corrected chi connectivity index (χ0v) is 10.4. The number of aryl methyl sites for hydroxylation is 1. The van der Waals surface area contributed by atoms with Gasteiger partial charge in [0.1, 0.15) is 0 Å². The zero-order chi connectivity index (χ0) is 12.8. The molecular formula is C13H19N3O. The van der Waals surface area contributed by atoms with Crippen LogP contribution >= 0.6 is 0 Å². The summed E-state index contributed by atoms with van der Waals surface area (Å²) in [5.74, 6) is -0.0358. The quantitative estimate of drug-likeness (QED) is 0.625. The second-order valence-electron chi connectivity index (χ2n) is 4.06. The van der Waals surface area contributed by atoms with Crippen LogP contribution in [0.5, 0.6) is 0 Å². The van der Waals surface area contributed by atoms with E-state index in [-0.39, 0.29) is 5.91 Å². The first-order valence-corrected chi connectivity index (χ1v) is 5.64. The normalized spacial score (nSPS) is 10.0. The van der Waals surface area contributed by atoms with Gasteiger partial charge >= 0.3 is 0 Å². The van der Waals surface area contributed by atoms with E-state index < -0.39 is 0 Å². The number of anilines is 1. The maximum Gasteiger partial charge on any atom is 0.255 e. The SMILES string of the molecule is C=CCCCN(C)C(=O)c1cc(N)cnc1C. The number of aromatic nitrogens is 1. The lowest BCUT2D eigenvalue weighted by Gasteiger charge is -2.17. The molecule has 0 saturated carbocycles. The predicted octanol–water partition coefficient (Wildman–Crippen LogP) is 2.01. The fourth-order valence-electron chi connectivity index (χ4n) is 1.55. The molecule has 0 saturated heterocycles. The molecule has 0 aliphatic rings. The Morgan fingerprint density at radius 3 is 3.00 bits per heavy atom. The van der Waals surface area contributed by atoms with Crippen molar-refractivity contribution >= 4 is 11.6 Å². The van der Waals surface area contributed by atoms with Crippen LogP contribution in [0.1, 0.15) is 28.9 Å². The fraction of sp³-hybridized carbons (Fsp3) is 0.385. The minimum atomic E-state index is -0.0358. The van der Waals surface area contributed by atoms with Crippen molar-refractivity contribution in [1.82, 2.24) is 9.88 Å². The summed E-state index contributed by atoms with van der Waals surface area (Å²) in [6.07, 6.45) is 5.24. The molecule has 0 unspecified atom stereocenters. The second-order valence-corrected chi connectivity index (χ2v) is 4.06. The van der Waals surface area contributed by atoms with E-state index in [1.54, 1.807) is 24.2 Å². The van der Waals surface area contributed by atoms with Crippen LogP contribution in [-0.2, 0) is 0 Å². The van der Waals surface area contributed by atoms with E-state index in [1.165, 1.54) is 0 Å². The van der Waals surface area contributed by atoms with Crippen LogP contribution in [0.3, 0.4) is 0 Å². The Hall–Kier alpha value is -1.84. The van der Waals surface area contributed by atoms with E-state index >= 15 is 0 Å². The first-order chi connectivity index (χ1) is 8.06. The number of nitrogens with two attached hydrogens (primary N) is 1. The monoisotopic (exact) mass is 233 g/mol. The molecule has 4 heteroatoms. The van der Waals surface area contributed by atoms with Crippen molar-refractivity contribution in [2.45, 2.75) is 19.8 Å². The van der Waals surface area contributed by atoms with Gasteiger partial charge in [-0.2, -0.15) is 0 Å². The van der Waals surface area contributed by atoms with Gasteiger partial charge in [0.2, 0.25) is 0 Å². The van der Waals surface area contributed by atoms with Crippen LogP contribution in [0.15, 0.2) is 24.9 Å². The topological polar surface area (TPSA) is 59.2 Å². The van der Waals surface area contributed by atoms with Gasteiger partial charge in [-0.1, -0.05) is 6.08 Å². The minimum absolute atomic E-state index is 0.0358. The van der Waals surface area contributed by atoms with Crippen LogP contribution in [-0.4, -0.2) is 29.4 Å². The highest BCUT2D eigenvalue weighted by Crippen LogP contribution is 2.12. The number of amides is 1. The summed E-state index contributed by atoms with van der Waals surface area (Å²) in [5, 5.41) is 0. The molecule has 92 valence electrons. The number of unbranched alkanes of at least 4 members (excludes halogenated alkanes) is 1. The van der Waals surface area contributed by atoms with Gasteiger partial charge in [-0.3, -0.25) is 9.78 Å². The van der Waals surface area contributed by atoms with Crippen molar-refractivity contribution in [3.8, 4) is 0 Å². The van der Waals surface area contributed by atoms with Crippen molar-refractivity contribution in [3.63, 3.8) is 0 Å². The second kappa shape index (κ2) is 6.03. The number of rotatable bonds is 5. The molecule has 0 aliphatic carbocycles. The summed E-state index contributed by atoms with van der Waals surface area (Å²) < 4.78 is 0. The summed E-state index contributed by atoms with van der Waals surface area (Å²) in [6.45, 7) is 6.17. The standard InChI is InChI=1S/C13H19N3O/c1-4-5-6-7-16(3)13(17)12-8-11(14)9-15-10(12)2/h4,8-9H,1,5-7,14H2,2-3H3. The van der Waals surface area contributed by atoms with E-state index in [0.717, 1.165) is 12.8 Å². The van der Waals surface area contributed by atoms with Gasteiger partial charge < -0.3 is 10.6 Å². The number of hydrogen-bond donors (Lipinski definition) is 1. The first-order valence-electron chi connectivity index (χ1n) is 5.64. The van der Waals surface area contributed by atoms with Gasteiger partial charge in [0.15, 0.2) is 0 Å². The van der Waals surface area contributed by atoms with Gasteiger partial charge in [0, 0.05) is 13.6 Å². The molecule has 1 aromatic heterocycles. The third kappa shape index (κ3) is 3.59. The molecule has 0 aliphatic heterocycles. The van der Waals surface area contributed by atoms with Crippen molar-refractivity contribution < 1.29 is 4.79 Å². The van der Waals surface area contributed by atoms with Crippen molar-refractivity contribution in [1.29, 1.82) is 0 Å². The molecule has 1 aromatic rings. The minimum Gasteiger partial charge on any atom is -0.397 e. The van der Waals surface area contributed by atoms with E-state index in [0.29, 0.717) is 23.5 Å². The van der Waals surface area contributed by atoms with Gasteiger partial charge in [-0.05, 0) is 25.8 Å². The Balaban J connectivity index is 2.74. The molecule has 0 spiro atoms. The molecule has 17 heavy (non-hydrogen) atoms. The summed E-state index contributed by atoms with van der Waals surface area (Å²) in [7, 11) is 1.79. The van der Waals surface area contributed by atoms with E-state index in [1.807, 2.05) is 13.0 Å². The number of carbonyl (C=O) groups excluding carboxylic acids is 1. The first kappa shape index (κ1) is 13.2. The summed E-state index contributed by atoms with van der Waals surface area (Å²) in [6, 6.07) is 1.68. The highest BCUT2D eigenvalue weighted by molar-refractivity contribution is 5.95. The maximum absolute atomic E-state index is 12.1. The number of nitrogens with zero attached hydrogens (tertiary/aromatic N) is 2. The molecule has 1 rings (SSSR count). The number of nitrogen functional groups attached to an aromatic ring is 1. The van der Waals surface area contributed by atoms with Crippen molar-refractivity contribution in [3.05, 3.63) is 36.2 Å². The zero-order valence-electron chi connectivity index (χ0n) is 10.4. The summed E-state index contributed by atoms with van der Waals surface area (Å²) in [5.41, 5.74) is 7.44. The Morgan fingerprint density at radius 1 is 1.65 bits per heavy atom. The summed E-state index contributed by atoms with van der Waals surface area (Å²) >= 11 is 0. The van der Waals surface area contributed by atoms with Crippen molar-refractivity contribution in [2.75, 3.05) is 19.3 Å². The predicted molar refractivity (Wildman–Crippen MR) is 69.8 cm³/mol. The Bertz CT molecular complexity index is 415. The van der Waals surface area contributed by atoms with Gasteiger partial charge in [0.05, 0.1) is 23.1 Å². The highest BCUT2D eigenvalue weighted by atomic mass is 16.2. The molecule has 1 heterocycles. The Morgan fingerprint density at radius 2 is 2.35 bits per heavy atom. The number of hydrogen-bond acceptors (Lipinski definition) is 3. The van der Waals surface area contributed by atoms with Crippen LogP contribution in [0.25, 0.3) is 0 Å². The molecule has 0 bridgehead atoms. The number of carbonyl (C=O) groups is 1. The summed E-state index contributed by atoms with van der Waals surface area (Å²) in [4.78, 5) is 17.9. The molecule has 4 nitrogen and oxygen atoms in total. The Kier molecular flexibility index (Phi) is 4.69. The Labute approximate surface area is 102 Å². The third-order valence-electron chi connectivity index (χ3n) is 2.59. The molecule has 0 radical (unpaired) electrons. The average Bonchev–Trinajstić information content (AvgIpc) is 2.31. The van der Waals surface area contributed by atoms with Crippen molar-refractivity contribution in [2.24, 2.45) is 0 Å². The molecular weight excluding hydrogens is 214 g/mol. The lowest BCUT2D eigenvalue weighted by molar-refractivity contribution is 0.0792. The van der Waals surface area contributed by atoms with Crippen LogP contribution in [0.4, 0.5) is 5.69 Å². The smallest absolute Gasteiger partial charge is 0.255 e. The average molecular weight is 233 g/mol. The van der Waals surface area contributed by atoms with Gasteiger partial charge in [0.25, 0.3) is 5.91 Å². The number of allylic oxidation sites excluding steroid dienone is 1. The van der Waals surface area contributed by atoms with E-state index in [2.05, 4.69) is 11.6 Å². The third-order valence-corrected chi connectivity index (χ3v) is 2.59. The maximum atomic E-state index is 12.1. The van der Waals surface area contributed by atoms with Crippen LogP contribution in [0.2, 0.25) is 0 Å². The van der Waals surface area contributed by atoms with E-state index in [9.17, 15) is 4.79 Å². The van der Waals surface area contributed by atoms with Crippen LogP contribution < -0.4 is 5.73 Å². The van der Waals surface area contributed by atoms with Gasteiger partial charge in [-0.25, -0.2) is 0 Å². The number of pyridine rings is 1. The largest absolute Gasteiger partial charge is 0.397 e. The molecule has 0 fully saturated rings. The lowest BCUT2D eigenvalue weighted by Crippen LogP contribution is -2.28.